The Bertz CT molecular complexity index is 308. The molecule has 16 heavy (non-hydrogen) atoms. The molecule has 1 saturated heterocycles. The molecule has 0 saturated carbocycles. The first-order valence-electron chi connectivity index (χ1n) is 5.98. The van der Waals surface area contributed by atoms with E-state index in [9.17, 15) is 5.11 Å². The minimum absolute atomic E-state index is 0.227. The van der Waals surface area contributed by atoms with E-state index in [0.717, 1.165) is 6.54 Å². The molecule has 2 heteroatoms. The topological polar surface area (TPSA) is 32.3 Å². The lowest BCUT2D eigenvalue weighted by Gasteiger charge is -2.06. The number of nitrogens with one attached hydrogen (secondary N) is 1. The SMILES string of the molecule is CC.O[C@H]1CNCC1/C=C/c1ccccc1. The molecule has 0 radical (unpaired) electrons. The van der Waals surface area contributed by atoms with Crippen molar-refractivity contribution in [1.29, 1.82) is 0 Å². The zero-order valence-corrected chi connectivity index (χ0v) is 10.1. The quantitative estimate of drug-likeness (QED) is 0.800. The van der Waals surface area contributed by atoms with Crippen LogP contribution in [0.2, 0.25) is 0 Å². The fourth-order valence-corrected chi connectivity index (χ4v) is 1.68. The molecule has 1 heterocycles. The van der Waals surface area contributed by atoms with Gasteiger partial charge in [0.2, 0.25) is 0 Å². The van der Waals surface area contributed by atoms with E-state index in [2.05, 4.69) is 29.6 Å². The van der Waals surface area contributed by atoms with Crippen LogP contribution in [0.5, 0.6) is 0 Å². The second-order valence-corrected chi connectivity index (χ2v) is 3.66. The maximum atomic E-state index is 9.55. The third-order valence-electron chi connectivity index (χ3n) is 2.56. The Morgan fingerprint density at radius 3 is 2.44 bits per heavy atom. The van der Waals surface area contributed by atoms with E-state index in [1.54, 1.807) is 0 Å². The predicted molar refractivity (Wildman–Crippen MR) is 69.2 cm³/mol. The van der Waals surface area contributed by atoms with Crippen LogP contribution < -0.4 is 5.32 Å². The Morgan fingerprint density at radius 2 is 1.88 bits per heavy atom. The normalized spacial score (nSPS) is 24.2. The number of hydrogen-bond donors (Lipinski definition) is 2. The summed E-state index contributed by atoms with van der Waals surface area (Å²) >= 11 is 0. The molecule has 2 atom stereocenters. The fraction of sp³-hybridized carbons (Fsp3) is 0.429. The maximum absolute atomic E-state index is 9.55. The molecule has 0 amide bonds. The maximum Gasteiger partial charge on any atom is 0.0739 e. The first kappa shape index (κ1) is 12.9. The van der Waals surface area contributed by atoms with Gasteiger partial charge in [0, 0.05) is 19.0 Å². The Morgan fingerprint density at radius 1 is 1.19 bits per heavy atom. The number of benzene rings is 1. The van der Waals surface area contributed by atoms with Gasteiger partial charge in [0.15, 0.2) is 0 Å². The van der Waals surface area contributed by atoms with Gasteiger partial charge in [-0.15, -0.1) is 0 Å². The van der Waals surface area contributed by atoms with Gasteiger partial charge in [-0.1, -0.05) is 56.3 Å². The summed E-state index contributed by atoms with van der Waals surface area (Å²) in [5.41, 5.74) is 1.19. The van der Waals surface area contributed by atoms with Crippen LogP contribution in [0.25, 0.3) is 6.08 Å². The molecule has 0 bridgehead atoms. The van der Waals surface area contributed by atoms with Gasteiger partial charge in [-0.2, -0.15) is 0 Å². The minimum Gasteiger partial charge on any atom is -0.391 e. The summed E-state index contributed by atoms with van der Waals surface area (Å²) in [7, 11) is 0. The van der Waals surface area contributed by atoms with E-state index in [0.29, 0.717) is 6.54 Å². The minimum atomic E-state index is -0.227. The van der Waals surface area contributed by atoms with Crippen LogP contribution in [0.15, 0.2) is 36.4 Å². The highest BCUT2D eigenvalue weighted by atomic mass is 16.3. The molecule has 0 spiro atoms. The molecule has 2 rings (SSSR count). The Labute approximate surface area is 98.0 Å². The van der Waals surface area contributed by atoms with Crippen molar-refractivity contribution in [2.24, 2.45) is 5.92 Å². The number of aliphatic hydroxyl groups is 1. The van der Waals surface area contributed by atoms with Crippen LogP contribution in [0.4, 0.5) is 0 Å². The van der Waals surface area contributed by atoms with Crippen LogP contribution >= 0.6 is 0 Å². The van der Waals surface area contributed by atoms with Gasteiger partial charge >= 0.3 is 0 Å². The van der Waals surface area contributed by atoms with Crippen molar-refractivity contribution in [3.8, 4) is 0 Å². The van der Waals surface area contributed by atoms with Crippen LogP contribution in [-0.2, 0) is 0 Å². The van der Waals surface area contributed by atoms with Gasteiger partial charge in [-0.05, 0) is 5.56 Å². The van der Waals surface area contributed by atoms with E-state index >= 15 is 0 Å². The first-order valence-corrected chi connectivity index (χ1v) is 5.98. The molecular formula is C14H21NO. The summed E-state index contributed by atoms with van der Waals surface area (Å²) < 4.78 is 0. The van der Waals surface area contributed by atoms with Crippen LogP contribution in [0, 0.1) is 5.92 Å². The van der Waals surface area contributed by atoms with Crippen molar-refractivity contribution in [1.82, 2.24) is 5.32 Å². The van der Waals surface area contributed by atoms with Gasteiger partial charge < -0.3 is 10.4 Å². The van der Waals surface area contributed by atoms with E-state index in [1.807, 2.05) is 32.0 Å². The Kier molecular flexibility index (Phi) is 5.83. The smallest absolute Gasteiger partial charge is 0.0739 e. The molecule has 88 valence electrons. The highest BCUT2D eigenvalue weighted by molar-refractivity contribution is 5.49. The zero-order valence-electron chi connectivity index (χ0n) is 10.1. The molecule has 1 aromatic rings. The molecule has 1 aliphatic heterocycles. The Balaban J connectivity index is 0.000000606. The van der Waals surface area contributed by atoms with Gasteiger partial charge in [-0.25, -0.2) is 0 Å². The van der Waals surface area contributed by atoms with Crippen molar-refractivity contribution in [2.45, 2.75) is 20.0 Å². The van der Waals surface area contributed by atoms with Crippen molar-refractivity contribution < 1.29 is 5.11 Å². The Hall–Kier alpha value is -1.12. The monoisotopic (exact) mass is 219 g/mol. The largest absolute Gasteiger partial charge is 0.391 e. The molecule has 1 aliphatic rings. The average Bonchev–Trinajstić information content (AvgIpc) is 2.76. The predicted octanol–water partition coefficient (Wildman–Crippen LogP) is 2.31. The summed E-state index contributed by atoms with van der Waals surface area (Å²) in [5, 5.41) is 12.7. The van der Waals surface area contributed by atoms with Crippen molar-refractivity contribution in [2.75, 3.05) is 13.1 Å². The van der Waals surface area contributed by atoms with Gasteiger partial charge in [0.05, 0.1) is 6.10 Å². The van der Waals surface area contributed by atoms with Crippen LogP contribution in [0.1, 0.15) is 19.4 Å². The summed E-state index contributed by atoms with van der Waals surface area (Å²) in [4.78, 5) is 0. The zero-order chi connectivity index (χ0) is 11.8. The third kappa shape index (κ3) is 3.80. The summed E-state index contributed by atoms with van der Waals surface area (Å²) in [5.74, 6) is 0.259. The lowest BCUT2D eigenvalue weighted by molar-refractivity contribution is 0.168. The van der Waals surface area contributed by atoms with Crippen LogP contribution in [0.3, 0.4) is 0 Å². The van der Waals surface area contributed by atoms with Gasteiger partial charge in [0.1, 0.15) is 0 Å². The van der Waals surface area contributed by atoms with E-state index in [4.69, 9.17) is 0 Å². The van der Waals surface area contributed by atoms with Crippen LogP contribution in [-0.4, -0.2) is 24.3 Å². The molecular weight excluding hydrogens is 198 g/mol. The number of aliphatic hydroxyl groups excluding tert-OH is 1. The molecule has 0 aliphatic carbocycles. The number of hydrogen-bond acceptors (Lipinski definition) is 2. The molecule has 1 fully saturated rings. The summed E-state index contributed by atoms with van der Waals surface area (Å²) in [6.45, 7) is 5.59. The highest BCUT2D eigenvalue weighted by Crippen LogP contribution is 2.12. The highest BCUT2D eigenvalue weighted by Gasteiger charge is 2.21. The fourth-order valence-electron chi connectivity index (χ4n) is 1.68. The van der Waals surface area contributed by atoms with Gasteiger partial charge in [-0.3, -0.25) is 0 Å². The lowest BCUT2D eigenvalue weighted by atomic mass is 10.0. The second kappa shape index (κ2) is 7.20. The van der Waals surface area contributed by atoms with Gasteiger partial charge in [0.25, 0.3) is 0 Å². The second-order valence-electron chi connectivity index (χ2n) is 3.66. The lowest BCUT2D eigenvalue weighted by Crippen LogP contribution is -2.15. The molecule has 2 nitrogen and oxygen atoms in total. The standard InChI is InChI=1S/C12H15NO.C2H6/c14-12-9-13-8-11(12)7-6-10-4-2-1-3-5-10;1-2/h1-7,11-14H,8-9H2;1-2H3/b7-6+;/t11?,12-;/m0./s1. The summed E-state index contributed by atoms with van der Waals surface area (Å²) in [6, 6.07) is 10.2. The van der Waals surface area contributed by atoms with Crippen molar-refractivity contribution in [3.63, 3.8) is 0 Å². The summed E-state index contributed by atoms with van der Waals surface area (Å²) in [6.07, 6.45) is 3.93. The molecule has 1 aromatic carbocycles. The van der Waals surface area contributed by atoms with Crippen molar-refractivity contribution >= 4 is 6.08 Å². The number of β-amino-alcohol motifs (C(OH)–C–C–N with tert-alkyl or cyclic N) is 1. The molecule has 1 unspecified atom stereocenters. The first-order chi connectivity index (χ1) is 7.86. The van der Waals surface area contributed by atoms with E-state index in [-0.39, 0.29) is 12.0 Å². The molecule has 2 N–H and O–H groups in total. The van der Waals surface area contributed by atoms with E-state index < -0.39 is 0 Å². The van der Waals surface area contributed by atoms with Crippen molar-refractivity contribution in [3.05, 3.63) is 42.0 Å². The average molecular weight is 219 g/mol. The number of rotatable bonds is 2. The third-order valence-corrected chi connectivity index (χ3v) is 2.56. The molecule has 0 aromatic heterocycles. The van der Waals surface area contributed by atoms with E-state index in [1.165, 1.54) is 5.56 Å².